The second-order valence-corrected chi connectivity index (χ2v) is 6.82. The van der Waals surface area contributed by atoms with Gasteiger partial charge in [-0.25, -0.2) is 4.98 Å². The highest BCUT2D eigenvalue weighted by Gasteiger charge is 2.23. The summed E-state index contributed by atoms with van der Waals surface area (Å²) in [5, 5.41) is 6.10. The van der Waals surface area contributed by atoms with Crippen molar-refractivity contribution in [2.24, 2.45) is 0 Å². The van der Waals surface area contributed by atoms with Crippen molar-refractivity contribution in [3.8, 4) is 0 Å². The average Bonchev–Trinajstić information content (AvgIpc) is 2.39. The fourth-order valence-electron chi connectivity index (χ4n) is 2.67. The summed E-state index contributed by atoms with van der Waals surface area (Å²) < 4.78 is 0. The zero-order chi connectivity index (χ0) is 13.5. The van der Waals surface area contributed by atoms with Crippen LogP contribution in [0.1, 0.15) is 45.4 Å². The highest BCUT2D eigenvalue weighted by atomic mass is 35.5. The highest BCUT2D eigenvalue weighted by Crippen LogP contribution is 2.31. The summed E-state index contributed by atoms with van der Waals surface area (Å²) in [6.07, 6.45) is 9.78. The van der Waals surface area contributed by atoms with Crippen molar-refractivity contribution in [1.82, 2.24) is 10.3 Å². The van der Waals surface area contributed by atoms with Gasteiger partial charge in [-0.1, -0.05) is 44.2 Å². The number of pyridine rings is 1. The van der Waals surface area contributed by atoms with Crippen LogP contribution in [-0.2, 0) is 0 Å². The van der Waals surface area contributed by atoms with Gasteiger partial charge >= 0.3 is 0 Å². The lowest BCUT2D eigenvalue weighted by atomic mass is 9.96. The lowest BCUT2D eigenvalue weighted by Crippen LogP contribution is -2.38. The second kappa shape index (κ2) is 8.13. The number of halogens is 1. The van der Waals surface area contributed by atoms with Crippen molar-refractivity contribution in [3.05, 3.63) is 23.4 Å². The molecule has 1 fully saturated rings. The summed E-state index contributed by atoms with van der Waals surface area (Å²) in [4.78, 5) is 4.42. The first kappa shape index (κ1) is 15.1. The fraction of sp³-hybridized carbons (Fsp3) is 0.667. The molecule has 1 aromatic heterocycles. The number of hydrogen-bond donors (Lipinski definition) is 1. The van der Waals surface area contributed by atoms with Crippen LogP contribution in [0.2, 0.25) is 5.02 Å². The number of hydrogen-bond acceptors (Lipinski definition) is 3. The first-order valence-electron chi connectivity index (χ1n) is 7.31. The molecule has 4 heteroatoms. The third-order valence-electron chi connectivity index (χ3n) is 3.64. The highest BCUT2D eigenvalue weighted by molar-refractivity contribution is 7.99. The summed E-state index contributed by atoms with van der Waals surface area (Å²) in [7, 11) is 0. The Balaban J connectivity index is 2.01. The zero-order valence-electron chi connectivity index (χ0n) is 11.6. The Hall–Kier alpha value is -0.250. The monoisotopic (exact) mass is 298 g/mol. The van der Waals surface area contributed by atoms with E-state index in [1.54, 1.807) is 6.20 Å². The van der Waals surface area contributed by atoms with E-state index in [0.29, 0.717) is 16.3 Å². The SMILES string of the molecule is CCNC1CCCCCCC1Sc1ccc(Cl)cn1. The van der Waals surface area contributed by atoms with E-state index in [4.69, 9.17) is 11.6 Å². The van der Waals surface area contributed by atoms with Crippen molar-refractivity contribution >= 4 is 23.4 Å². The van der Waals surface area contributed by atoms with E-state index in [2.05, 4.69) is 17.2 Å². The number of aromatic nitrogens is 1. The van der Waals surface area contributed by atoms with E-state index in [-0.39, 0.29) is 0 Å². The van der Waals surface area contributed by atoms with E-state index in [0.717, 1.165) is 11.6 Å². The van der Waals surface area contributed by atoms with Crippen LogP contribution in [0.4, 0.5) is 0 Å². The molecule has 0 aliphatic heterocycles. The largest absolute Gasteiger partial charge is 0.313 e. The Morgan fingerprint density at radius 1 is 1.26 bits per heavy atom. The molecule has 1 saturated carbocycles. The average molecular weight is 299 g/mol. The van der Waals surface area contributed by atoms with E-state index in [9.17, 15) is 0 Å². The number of nitrogens with zero attached hydrogens (tertiary/aromatic N) is 1. The first-order chi connectivity index (χ1) is 9.29. The van der Waals surface area contributed by atoms with Crippen molar-refractivity contribution < 1.29 is 0 Å². The number of nitrogens with one attached hydrogen (secondary N) is 1. The van der Waals surface area contributed by atoms with Crippen LogP contribution in [0.5, 0.6) is 0 Å². The molecule has 1 aliphatic rings. The molecule has 106 valence electrons. The maximum Gasteiger partial charge on any atom is 0.0964 e. The summed E-state index contributed by atoms with van der Waals surface area (Å²) in [6, 6.07) is 4.59. The minimum absolute atomic E-state index is 0.618. The molecule has 0 aromatic carbocycles. The van der Waals surface area contributed by atoms with Crippen LogP contribution < -0.4 is 5.32 Å². The van der Waals surface area contributed by atoms with Crippen LogP contribution >= 0.6 is 23.4 Å². The topological polar surface area (TPSA) is 24.9 Å². The zero-order valence-corrected chi connectivity index (χ0v) is 13.1. The lowest BCUT2D eigenvalue weighted by molar-refractivity contribution is 0.406. The van der Waals surface area contributed by atoms with Gasteiger partial charge in [-0.3, -0.25) is 0 Å². The lowest BCUT2D eigenvalue weighted by Gasteiger charge is -2.29. The van der Waals surface area contributed by atoms with Crippen molar-refractivity contribution in [2.45, 2.75) is 61.8 Å². The third-order valence-corrected chi connectivity index (χ3v) is 5.21. The van der Waals surface area contributed by atoms with Gasteiger partial charge in [0.25, 0.3) is 0 Å². The number of thioether (sulfide) groups is 1. The fourth-order valence-corrected chi connectivity index (χ4v) is 4.04. The Bertz CT molecular complexity index is 369. The molecule has 0 saturated heterocycles. The van der Waals surface area contributed by atoms with Gasteiger partial charge < -0.3 is 5.32 Å². The van der Waals surface area contributed by atoms with Crippen molar-refractivity contribution in [2.75, 3.05) is 6.54 Å². The Kier molecular flexibility index (Phi) is 6.48. The molecule has 2 unspecified atom stereocenters. The van der Waals surface area contributed by atoms with Gasteiger partial charge in [-0.15, -0.1) is 11.8 Å². The van der Waals surface area contributed by atoms with Gasteiger partial charge in [0.2, 0.25) is 0 Å². The summed E-state index contributed by atoms with van der Waals surface area (Å²) >= 11 is 7.81. The van der Waals surface area contributed by atoms with Gasteiger partial charge in [0, 0.05) is 17.5 Å². The van der Waals surface area contributed by atoms with Gasteiger partial charge in [0.15, 0.2) is 0 Å². The van der Waals surface area contributed by atoms with Gasteiger partial charge in [-0.05, 0) is 31.5 Å². The Morgan fingerprint density at radius 3 is 2.74 bits per heavy atom. The molecule has 0 radical (unpaired) electrons. The van der Waals surface area contributed by atoms with Crippen molar-refractivity contribution in [1.29, 1.82) is 0 Å². The first-order valence-corrected chi connectivity index (χ1v) is 8.57. The molecule has 1 aliphatic carbocycles. The van der Waals surface area contributed by atoms with Crippen molar-refractivity contribution in [3.63, 3.8) is 0 Å². The molecule has 0 amide bonds. The predicted octanol–water partition coefficient (Wildman–Crippen LogP) is 4.53. The van der Waals surface area contributed by atoms with Gasteiger partial charge in [0.1, 0.15) is 0 Å². The molecule has 2 rings (SSSR count). The molecule has 1 N–H and O–H groups in total. The van der Waals surface area contributed by atoms with E-state index < -0.39 is 0 Å². The molecule has 1 heterocycles. The molecule has 0 bridgehead atoms. The van der Waals surface area contributed by atoms with E-state index in [1.807, 2.05) is 23.9 Å². The Morgan fingerprint density at radius 2 is 2.05 bits per heavy atom. The maximum atomic E-state index is 5.90. The van der Waals surface area contributed by atoms with Crippen LogP contribution in [-0.4, -0.2) is 22.8 Å². The Labute approximate surface area is 125 Å². The molecule has 0 spiro atoms. The minimum Gasteiger partial charge on any atom is -0.313 e. The summed E-state index contributed by atoms with van der Waals surface area (Å²) in [6.45, 7) is 3.25. The van der Waals surface area contributed by atoms with Crippen LogP contribution in [0.3, 0.4) is 0 Å². The number of rotatable bonds is 4. The van der Waals surface area contributed by atoms with Crippen LogP contribution in [0.25, 0.3) is 0 Å². The predicted molar refractivity (Wildman–Crippen MR) is 84.1 cm³/mol. The molecular formula is C15H23ClN2S. The normalized spacial score (nSPS) is 24.7. The van der Waals surface area contributed by atoms with E-state index >= 15 is 0 Å². The minimum atomic E-state index is 0.618. The standard InChI is InChI=1S/C15H23ClN2S/c1-2-17-13-7-5-3-4-6-8-14(13)19-15-10-9-12(16)11-18-15/h9-11,13-14,17H,2-8H2,1H3. The smallest absolute Gasteiger partial charge is 0.0964 e. The molecule has 2 nitrogen and oxygen atoms in total. The third kappa shape index (κ3) is 4.97. The van der Waals surface area contributed by atoms with Gasteiger partial charge in [-0.2, -0.15) is 0 Å². The quantitative estimate of drug-likeness (QED) is 0.884. The second-order valence-electron chi connectivity index (χ2n) is 5.13. The molecule has 1 aromatic rings. The maximum absolute atomic E-state index is 5.90. The molecular weight excluding hydrogens is 276 g/mol. The van der Waals surface area contributed by atoms with E-state index in [1.165, 1.54) is 38.5 Å². The summed E-state index contributed by atoms with van der Waals surface area (Å²) in [5.74, 6) is 0. The molecule has 2 atom stereocenters. The summed E-state index contributed by atoms with van der Waals surface area (Å²) in [5.41, 5.74) is 0. The molecule has 19 heavy (non-hydrogen) atoms. The van der Waals surface area contributed by atoms with Crippen LogP contribution in [0.15, 0.2) is 23.4 Å². The van der Waals surface area contributed by atoms with Gasteiger partial charge in [0.05, 0.1) is 10.0 Å². The van der Waals surface area contributed by atoms with Crippen LogP contribution in [0, 0.1) is 0 Å².